The molecule has 2 fully saturated rings. The van der Waals surface area contributed by atoms with E-state index >= 15 is 0 Å². The molecule has 32 heavy (non-hydrogen) atoms. The van der Waals surface area contributed by atoms with Gasteiger partial charge in [-0.25, -0.2) is 4.39 Å². The predicted molar refractivity (Wildman–Crippen MR) is 118 cm³/mol. The van der Waals surface area contributed by atoms with Crippen LogP contribution in [-0.4, -0.2) is 57.0 Å². The summed E-state index contributed by atoms with van der Waals surface area (Å²) in [6, 6.07) is 11.5. The first-order valence-electron chi connectivity index (χ1n) is 11.0. The number of nitrogens with zero attached hydrogens (tertiary/aromatic N) is 1. The van der Waals surface area contributed by atoms with Crippen LogP contribution in [0.4, 0.5) is 4.39 Å². The Hall–Kier alpha value is -2.64. The third-order valence-electron chi connectivity index (χ3n) is 5.89. The van der Waals surface area contributed by atoms with Gasteiger partial charge in [-0.05, 0) is 48.7 Å². The van der Waals surface area contributed by atoms with Crippen LogP contribution in [0.2, 0.25) is 0 Å². The van der Waals surface area contributed by atoms with Crippen molar-refractivity contribution in [2.24, 2.45) is 5.41 Å². The molecule has 1 amide bonds. The summed E-state index contributed by atoms with van der Waals surface area (Å²) in [5, 5.41) is 0. The number of rotatable bonds is 9. The number of amides is 1. The summed E-state index contributed by atoms with van der Waals surface area (Å²) >= 11 is 0. The molecule has 0 aromatic heterocycles. The van der Waals surface area contributed by atoms with E-state index < -0.39 is 5.82 Å². The summed E-state index contributed by atoms with van der Waals surface area (Å²) in [4.78, 5) is 15.0. The Morgan fingerprint density at radius 2 is 2.06 bits per heavy atom. The van der Waals surface area contributed by atoms with Crippen molar-refractivity contribution >= 4 is 5.91 Å². The van der Waals surface area contributed by atoms with E-state index in [9.17, 15) is 9.18 Å². The van der Waals surface area contributed by atoms with E-state index in [1.165, 1.54) is 12.1 Å². The van der Waals surface area contributed by atoms with Crippen LogP contribution < -0.4 is 9.47 Å². The number of carbonyl (C=O) groups excluding carboxylic acids is 1. The number of hydrogen-bond donors (Lipinski definition) is 0. The van der Waals surface area contributed by atoms with Gasteiger partial charge in [-0.15, -0.1) is 0 Å². The van der Waals surface area contributed by atoms with E-state index in [1.54, 1.807) is 24.1 Å². The van der Waals surface area contributed by atoms with Gasteiger partial charge in [0.15, 0.2) is 11.5 Å². The molecule has 0 saturated carbocycles. The lowest BCUT2D eigenvalue weighted by molar-refractivity contribution is -0.120. The lowest BCUT2D eigenvalue weighted by Crippen LogP contribution is -2.44. The molecule has 0 N–H and O–H groups in total. The maximum atomic E-state index is 13.7. The lowest BCUT2D eigenvalue weighted by Gasteiger charge is -2.37. The first-order chi connectivity index (χ1) is 15.5. The zero-order chi connectivity index (χ0) is 22.6. The van der Waals surface area contributed by atoms with Crippen molar-refractivity contribution in [1.82, 2.24) is 4.90 Å². The first kappa shape index (κ1) is 22.6. The summed E-state index contributed by atoms with van der Waals surface area (Å²) in [5.41, 5.74) is 1.23. The Morgan fingerprint density at radius 3 is 2.72 bits per heavy atom. The van der Waals surface area contributed by atoms with E-state index in [-0.39, 0.29) is 17.4 Å². The average molecular weight is 444 g/mol. The molecule has 4 rings (SSSR count). The highest BCUT2D eigenvalue weighted by molar-refractivity contribution is 5.94. The fourth-order valence-electron chi connectivity index (χ4n) is 4.00. The van der Waals surface area contributed by atoms with Crippen molar-refractivity contribution in [3.05, 3.63) is 59.4 Å². The minimum absolute atomic E-state index is 0.000210. The standard InChI is InChI=1S/C25H30FNO5/c1-25(15-30-16-25)17-32-23-11-18(8-9-22(23)29-2)13-27(14-21-7-4-10-31-21)24(28)19-5-3-6-20(26)12-19/h3,5-6,8-9,11-12,21H,4,7,10,13-17H2,1-2H3/t21-/m1/s1. The summed E-state index contributed by atoms with van der Waals surface area (Å²) in [7, 11) is 1.60. The van der Waals surface area contributed by atoms with Crippen LogP contribution in [0.5, 0.6) is 11.5 Å². The van der Waals surface area contributed by atoms with Crippen molar-refractivity contribution in [2.75, 3.05) is 40.1 Å². The zero-order valence-corrected chi connectivity index (χ0v) is 18.6. The minimum atomic E-state index is -0.429. The van der Waals surface area contributed by atoms with E-state index in [2.05, 4.69) is 6.92 Å². The SMILES string of the molecule is COc1ccc(CN(C[C@H]2CCCO2)C(=O)c2cccc(F)c2)cc1OCC1(C)COC1. The number of methoxy groups -OCH3 is 1. The molecule has 0 unspecified atom stereocenters. The quantitative estimate of drug-likeness (QED) is 0.585. The van der Waals surface area contributed by atoms with Crippen LogP contribution in [-0.2, 0) is 16.0 Å². The zero-order valence-electron chi connectivity index (χ0n) is 18.6. The summed E-state index contributed by atoms with van der Waals surface area (Å²) in [5.74, 6) is 0.618. The second-order valence-electron chi connectivity index (χ2n) is 8.91. The van der Waals surface area contributed by atoms with Gasteiger partial charge in [0.1, 0.15) is 5.82 Å². The number of carbonyl (C=O) groups is 1. The largest absolute Gasteiger partial charge is 0.493 e. The van der Waals surface area contributed by atoms with Gasteiger partial charge in [0.05, 0.1) is 33.0 Å². The van der Waals surface area contributed by atoms with E-state index in [4.69, 9.17) is 18.9 Å². The summed E-state index contributed by atoms with van der Waals surface area (Å²) in [6.45, 7) is 5.50. The van der Waals surface area contributed by atoms with Crippen molar-refractivity contribution < 1.29 is 28.1 Å². The van der Waals surface area contributed by atoms with Crippen LogP contribution in [0, 0.1) is 11.2 Å². The Labute approximate surface area is 188 Å². The van der Waals surface area contributed by atoms with E-state index in [0.717, 1.165) is 18.4 Å². The van der Waals surface area contributed by atoms with Gasteiger partial charge in [0, 0.05) is 30.7 Å². The Balaban J connectivity index is 1.53. The topological polar surface area (TPSA) is 57.2 Å². The molecule has 172 valence electrons. The highest BCUT2D eigenvalue weighted by Gasteiger charge is 2.34. The number of ether oxygens (including phenoxy) is 4. The molecule has 2 aliphatic rings. The minimum Gasteiger partial charge on any atom is -0.493 e. The summed E-state index contributed by atoms with van der Waals surface area (Å²) < 4.78 is 36.3. The van der Waals surface area contributed by atoms with Gasteiger partial charge < -0.3 is 23.8 Å². The summed E-state index contributed by atoms with van der Waals surface area (Å²) in [6.07, 6.45) is 1.88. The molecule has 1 atom stereocenters. The van der Waals surface area contributed by atoms with Crippen molar-refractivity contribution in [2.45, 2.75) is 32.4 Å². The van der Waals surface area contributed by atoms with Gasteiger partial charge >= 0.3 is 0 Å². The normalized spacial score (nSPS) is 19.3. The van der Waals surface area contributed by atoms with Crippen LogP contribution in [0.3, 0.4) is 0 Å². The van der Waals surface area contributed by atoms with Gasteiger partial charge in [0.2, 0.25) is 0 Å². The predicted octanol–water partition coefficient (Wildman–Crippen LogP) is 4.07. The Morgan fingerprint density at radius 1 is 1.22 bits per heavy atom. The molecule has 2 saturated heterocycles. The van der Waals surface area contributed by atoms with Crippen LogP contribution >= 0.6 is 0 Å². The van der Waals surface area contributed by atoms with Crippen molar-refractivity contribution in [3.8, 4) is 11.5 Å². The molecular weight excluding hydrogens is 413 g/mol. The molecule has 0 bridgehead atoms. The molecule has 7 heteroatoms. The third-order valence-corrected chi connectivity index (χ3v) is 5.89. The van der Waals surface area contributed by atoms with Gasteiger partial charge in [-0.3, -0.25) is 4.79 Å². The highest BCUT2D eigenvalue weighted by Crippen LogP contribution is 2.33. The van der Waals surface area contributed by atoms with Gasteiger partial charge in [0.25, 0.3) is 5.91 Å². The third kappa shape index (κ3) is 5.40. The maximum Gasteiger partial charge on any atom is 0.254 e. The first-order valence-corrected chi connectivity index (χ1v) is 11.0. The van der Waals surface area contributed by atoms with Gasteiger partial charge in [-0.2, -0.15) is 0 Å². The number of hydrogen-bond acceptors (Lipinski definition) is 5. The molecule has 6 nitrogen and oxygen atoms in total. The lowest BCUT2D eigenvalue weighted by atomic mass is 9.90. The van der Waals surface area contributed by atoms with Crippen LogP contribution in [0.15, 0.2) is 42.5 Å². The second-order valence-corrected chi connectivity index (χ2v) is 8.91. The average Bonchev–Trinajstić information content (AvgIpc) is 3.28. The number of halogens is 1. The smallest absolute Gasteiger partial charge is 0.254 e. The molecule has 2 aromatic carbocycles. The fourth-order valence-corrected chi connectivity index (χ4v) is 4.00. The molecule has 0 radical (unpaired) electrons. The Bertz CT molecular complexity index is 940. The number of benzene rings is 2. The van der Waals surface area contributed by atoms with Crippen molar-refractivity contribution in [3.63, 3.8) is 0 Å². The van der Waals surface area contributed by atoms with Crippen LogP contribution in [0.25, 0.3) is 0 Å². The second kappa shape index (κ2) is 9.88. The van der Waals surface area contributed by atoms with Crippen molar-refractivity contribution in [1.29, 1.82) is 0 Å². The molecule has 0 spiro atoms. The van der Waals surface area contributed by atoms with E-state index in [1.807, 2.05) is 18.2 Å². The molecule has 0 aliphatic carbocycles. The molecule has 2 aromatic rings. The highest BCUT2D eigenvalue weighted by atomic mass is 19.1. The Kier molecular flexibility index (Phi) is 6.96. The molecule has 2 heterocycles. The van der Waals surface area contributed by atoms with Crippen LogP contribution in [0.1, 0.15) is 35.7 Å². The monoisotopic (exact) mass is 443 g/mol. The van der Waals surface area contributed by atoms with E-state index in [0.29, 0.717) is 56.6 Å². The maximum absolute atomic E-state index is 13.7. The molecule has 2 aliphatic heterocycles. The molecular formula is C25H30FNO5. The fraction of sp³-hybridized carbons (Fsp3) is 0.480. The van der Waals surface area contributed by atoms with Gasteiger partial charge in [-0.1, -0.05) is 19.1 Å².